The second-order valence-electron chi connectivity index (χ2n) is 9.68. The molecule has 2 fully saturated rings. The average Bonchev–Trinajstić information content (AvgIpc) is 2.99. The Morgan fingerprint density at radius 2 is 1.90 bits per heavy atom. The fourth-order valence-corrected chi connectivity index (χ4v) is 8.08. The number of amides is 1. The first-order valence-corrected chi connectivity index (χ1v) is 14.7. The van der Waals surface area contributed by atoms with E-state index < -0.39 is 8.32 Å². The normalized spacial score (nSPS) is 28.4. The first-order valence-electron chi connectivity index (χ1n) is 11.7. The van der Waals surface area contributed by atoms with E-state index in [-0.39, 0.29) is 36.2 Å². The second kappa shape index (κ2) is 10.4. The Balaban J connectivity index is 1.66. The van der Waals surface area contributed by atoms with Gasteiger partial charge in [0.15, 0.2) is 8.32 Å². The van der Waals surface area contributed by atoms with Crippen molar-refractivity contribution < 1.29 is 19.4 Å². The number of ether oxygens (including phenoxy) is 1. The van der Waals surface area contributed by atoms with Crippen LogP contribution < -0.4 is 4.90 Å². The molecule has 6 heteroatoms. The Labute approximate surface area is 182 Å². The van der Waals surface area contributed by atoms with Crippen LogP contribution in [0, 0.1) is 5.92 Å². The van der Waals surface area contributed by atoms with Crippen LogP contribution in [-0.2, 0) is 16.0 Å². The summed E-state index contributed by atoms with van der Waals surface area (Å²) in [7, 11) is -2.37. The van der Waals surface area contributed by atoms with Gasteiger partial charge in [0.05, 0.1) is 12.2 Å². The van der Waals surface area contributed by atoms with Gasteiger partial charge in [-0.2, -0.15) is 0 Å². The van der Waals surface area contributed by atoms with E-state index in [1.54, 1.807) is 0 Å². The van der Waals surface area contributed by atoms with E-state index in [0.29, 0.717) is 12.8 Å². The van der Waals surface area contributed by atoms with Crippen LogP contribution in [0.2, 0.25) is 18.6 Å². The van der Waals surface area contributed by atoms with E-state index in [0.717, 1.165) is 44.3 Å². The summed E-state index contributed by atoms with van der Waals surface area (Å²) in [5, 5.41) is 9.43. The zero-order valence-corrected chi connectivity index (χ0v) is 19.8. The first kappa shape index (κ1) is 23.5. The molecule has 2 saturated heterocycles. The molecule has 3 rings (SSSR count). The summed E-state index contributed by atoms with van der Waals surface area (Å²) in [5.41, 5.74) is 2.39. The Bertz CT molecular complexity index is 705. The number of aryl methyl sites for hydroxylation is 1. The number of rotatable bonds is 7. The molecule has 1 amide bonds. The van der Waals surface area contributed by atoms with E-state index in [1.807, 2.05) is 24.1 Å². The fourth-order valence-electron chi connectivity index (χ4n) is 5.43. The number of carbonyl (C=O) groups is 1. The number of hydrogen-bond donors (Lipinski definition) is 2. The highest BCUT2D eigenvalue weighted by Gasteiger charge is 2.49. The maximum Gasteiger partial charge on any atom is 0.226 e. The molecule has 168 valence electrons. The third-order valence-electron chi connectivity index (χ3n) is 6.90. The molecule has 2 aliphatic heterocycles. The summed E-state index contributed by atoms with van der Waals surface area (Å²) >= 11 is 0. The van der Waals surface area contributed by atoms with Gasteiger partial charge in [-0.3, -0.25) is 4.79 Å². The second-order valence-corrected chi connectivity index (χ2v) is 13.7. The minimum absolute atomic E-state index is 0.0494. The van der Waals surface area contributed by atoms with Crippen LogP contribution in [0.15, 0.2) is 24.3 Å². The van der Waals surface area contributed by atoms with Crippen LogP contribution in [0.4, 0.5) is 5.69 Å². The predicted octanol–water partition coefficient (Wildman–Crippen LogP) is 4.27. The van der Waals surface area contributed by atoms with Gasteiger partial charge in [0, 0.05) is 30.8 Å². The maximum atomic E-state index is 12.6. The molecule has 0 spiro atoms. The van der Waals surface area contributed by atoms with Crippen molar-refractivity contribution >= 4 is 19.9 Å². The molecule has 2 aliphatic rings. The van der Waals surface area contributed by atoms with E-state index in [1.165, 1.54) is 12.0 Å². The lowest BCUT2D eigenvalue weighted by atomic mass is 9.95. The van der Waals surface area contributed by atoms with Gasteiger partial charge in [-0.25, -0.2) is 0 Å². The lowest BCUT2D eigenvalue weighted by Gasteiger charge is -2.30. The van der Waals surface area contributed by atoms with Gasteiger partial charge in [-0.15, -0.1) is 0 Å². The van der Waals surface area contributed by atoms with Crippen molar-refractivity contribution in [3.8, 4) is 0 Å². The lowest BCUT2D eigenvalue weighted by molar-refractivity contribution is -0.118. The van der Waals surface area contributed by atoms with Gasteiger partial charge >= 0.3 is 0 Å². The molecule has 2 N–H and O–H groups in total. The molecule has 30 heavy (non-hydrogen) atoms. The Morgan fingerprint density at radius 1 is 1.13 bits per heavy atom. The van der Waals surface area contributed by atoms with Crippen LogP contribution in [0.3, 0.4) is 0 Å². The topological polar surface area (TPSA) is 70.0 Å². The summed E-state index contributed by atoms with van der Waals surface area (Å²) in [4.78, 5) is 25.3. The number of aliphatic hydroxyl groups is 1. The molecule has 0 saturated carbocycles. The maximum absolute atomic E-state index is 12.6. The quantitative estimate of drug-likeness (QED) is 0.630. The molecule has 0 aliphatic carbocycles. The number of carbonyl (C=O) groups excluding carboxylic acids is 1. The molecule has 0 radical (unpaired) electrons. The molecule has 5 nitrogen and oxygen atoms in total. The van der Waals surface area contributed by atoms with Gasteiger partial charge in [0.2, 0.25) is 5.91 Å². The number of hydrogen-bond acceptors (Lipinski definition) is 4. The van der Waals surface area contributed by atoms with E-state index >= 15 is 0 Å². The van der Waals surface area contributed by atoms with Crippen molar-refractivity contribution in [3.05, 3.63) is 29.8 Å². The lowest BCUT2D eigenvalue weighted by Crippen LogP contribution is -2.40. The molecule has 4 atom stereocenters. The Hall–Kier alpha value is -1.21. The average molecular weight is 434 g/mol. The van der Waals surface area contributed by atoms with Crippen molar-refractivity contribution in [1.82, 2.24) is 0 Å². The van der Waals surface area contributed by atoms with Crippen molar-refractivity contribution in [2.75, 3.05) is 18.1 Å². The largest absolute Gasteiger partial charge is 0.432 e. The smallest absolute Gasteiger partial charge is 0.226 e. The zero-order valence-electron chi connectivity index (χ0n) is 18.8. The minimum atomic E-state index is -2.37. The number of aliphatic hydroxyl groups excluding tert-OH is 1. The van der Waals surface area contributed by atoms with E-state index in [4.69, 9.17) is 4.74 Å². The highest BCUT2D eigenvalue weighted by molar-refractivity contribution is 6.71. The SMILES string of the molecule is C[C@@H]1[C@@H]([Si](C)(C)O)[C@H](CCO)O[C@@H]1CCc1cccc(N2CCCCCCC2=O)c1. The third kappa shape index (κ3) is 5.72. The molecule has 0 aromatic heterocycles. The van der Waals surface area contributed by atoms with Crippen molar-refractivity contribution in [2.45, 2.75) is 89.1 Å². The van der Waals surface area contributed by atoms with Crippen LogP contribution in [0.25, 0.3) is 0 Å². The number of anilines is 1. The molecular weight excluding hydrogens is 394 g/mol. The number of nitrogens with zero attached hydrogens (tertiary/aromatic N) is 1. The van der Waals surface area contributed by atoms with Crippen molar-refractivity contribution in [1.29, 1.82) is 0 Å². The summed E-state index contributed by atoms with van der Waals surface area (Å²) in [6, 6.07) is 8.39. The van der Waals surface area contributed by atoms with Gasteiger partial charge in [0.1, 0.15) is 0 Å². The van der Waals surface area contributed by atoms with Crippen molar-refractivity contribution in [3.63, 3.8) is 0 Å². The van der Waals surface area contributed by atoms with Gasteiger partial charge in [-0.1, -0.05) is 31.9 Å². The first-order chi connectivity index (χ1) is 14.3. The van der Waals surface area contributed by atoms with E-state index in [9.17, 15) is 14.7 Å². The standard InChI is InChI=1S/C24H39NO4Si/c1-18-21(29-22(14-16-26)24(18)30(2,3)28)13-12-19-9-8-10-20(17-19)25-15-7-5-4-6-11-23(25)27/h8-10,17-18,21-22,24,26,28H,4-7,11-16H2,1-3H3/t18-,21+,22-,24+/m0/s1. The summed E-state index contributed by atoms with van der Waals surface area (Å²) in [6.45, 7) is 7.05. The highest BCUT2D eigenvalue weighted by atomic mass is 28.4. The minimum Gasteiger partial charge on any atom is -0.432 e. The van der Waals surface area contributed by atoms with Gasteiger partial charge < -0.3 is 19.5 Å². The predicted molar refractivity (Wildman–Crippen MR) is 123 cm³/mol. The van der Waals surface area contributed by atoms with E-state index in [2.05, 4.69) is 25.1 Å². The van der Waals surface area contributed by atoms with Gasteiger partial charge in [0.25, 0.3) is 0 Å². The summed E-state index contributed by atoms with van der Waals surface area (Å²) < 4.78 is 6.32. The third-order valence-corrected chi connectivity index (χ3v) is 9.42. The molecular formula is C24H39NO4Si. The molecule has 1 aromatic carbocycles. The zero-order chi connectivity index (χ0) is 21.7. The van der Waals surface area contributed by atoms with Crippen molar-refractivity contribution in [2.24, 2.45) is 5.92 Å². The highest BCUT2D eigenvalue weighted by Crippen LogP contribution is 2.45. The van der Waals surface area contributed by atoms with Crippen LogP contribution in [0.5, 0.6) is 0 Å². The summed E-state index contributed by atoms with van der Waals surface area (Å²) in [6.07, 6.45) is 7.47. The van der Waals surface area contributed by atoms with Crippen LogP contribution >= 0.6 is 0 Å². The van der Waals surface area contributed by atoms with Crippen LogP contribution in [-0.4, -0.2) is 49.5 Å². The molecule has 2 heterocycles. The summed E-state index contributed by atoms with van der Waals surface area (Å²) in [5.74, 6) is 0.525. The number of benzene rings is 1. The Kier molecular flexibility index (Phi) is 8.13. The monoisotopic (exact) mass is 433 g/mol. The molecule has 0 bridgehead atoms. The van der Waals surface area contributed by atoms with Crippen LogP contribution in [0.1, 0.15) is 57.4 Å². The molecule has 0 unspecified atom stereocenters. The fraction of sp³-hybridized carbons (Fsp3) is 0.708. The Morgan fingerprint density at radius 3 is 2.63 bits per heavy atom. The van der Waals surface area contributed by atoms with Gasteiger partial charge in [-0.05, 0) is 68.8 Å². The molecule has 1 aromatic rings.